The highest BCUT2D eigenvalue weighted by Gasteiger charge is 2.60. The van der Waals surface area contributed by atoms with E-state index < -0.39 is 43.1 Å². The zero-order chi connectivity index (χ0) is 22.6. The lowest BCUT2D eigenvalue weighted by atomic mass is 10.0. The van der Waals surface area contributed by atoms with E-state index in [9.17, 15) is 9.36 Å². The van der Waals surface area contributed by atoms with Gasteiger partial charge in [0.2, 0.25) is 0 Å². The number of nitrogens with one attached hydrogen (secondary N) is 1. The summed E-state index contributed by atoms with van der Waals surface area (Å²) >= 11 is 6.86. The van der Waals surface area contributed by atoms with Crippen LogP contribution in [0.15, 0.2) is 12.7 Å². The third kappa shape index (κ3) is 4.04. The highest BCUT2D eigenvalue weighted by atomic mass is 35.5. The lowest BCUT2D eigenvalue weighted by molar-refractivity contribution is -0.149. The van der Waals surface area contributed by atoms with Crippen molar-refractivity contribution < 1.29 is 27.9 Å². The molecule has 14 heteroatoms. The van der Waals surface area contributed by atoms with Gasteiger partial charge in [0.25, 0.3) is 0 Å². The van der Waals surface area contributed by atoms with Crippen molar-refractivity contribution in [1.29, 1.82) is 0 Å². The normalized spacial score (nSPS) is 34.1. The fraction of sp³-hybridized carbons (Fsp3) is 0.647. The second-order valence-electron chi connectivity index (χ2n) is 7.92. The number of alkyl halides is 1. The topological polar surface area (TPSA) is 153 Å². The fourth-order valence-corrected chi connectivity index (χ4v) is 5.77. The van der Waals surface area contributed by atoms with Gasteiger partial charge in [0.15, 0.2) is 17.7 Å². The average Bonchev–Trinajstić information content (AvgIpc) is 3.21. The molecule has 0 aromatic carbocycles. The third-order valence-electron chi connectivity index (χ3n) is 5.04. The van der Waals surface area contributed by atoms with E-state index in [1.807, 2.05) is 0 Å². The summed E-state index contributed by atoms with van der Waals surface area (Å²) in [6.07, 6.45) is 0.331. The summed E-state index contributed by atoms with van der Waals surface area (Å²) in [5.41, 5.74) is 6.71. The van der Waals surface area contributed by atoms with Crippen LogP contribution in [0, 0.1) is 0 Å². The molecule has 0 spiro atoms. The number of carbonyl (C=O) groups is 1. The number of halogens is 1. The van der Waals surface area contributed by atoms with E-state index in [2.05, 4.69) is 20.0 Å². The molecule has 2 aliphatic rings. The molecule has 2 aromatic heterocycles. The highest BCUT2D eigenvalue weighted by Crippen LogP contribution is 2.57. The molecule has 2 aromatic rings. The maximum Gasteiger partial charge on any atom is 0.406 e. The number of nitrogens with zero attached hydrogens (tertiary/aromatic N) is 4. The van der Waals surface area contributed by atoms with Crippen molar-refractivity contribution in [2.45, 2.75) is 63.2 Å². The first-order valence-corrected chi connectivity index (χ1v) is 11.6. The van der Waals surface area contributed by atoms with Crippen molar-refractivity contribution in [2.75, 3.05) is 12.3 Å². The van der Waals surface area contributed by atoms with Gasteiger partial charge < -0.3 is 15.2 Å². The third-order valence-corrected chi connectivity index (χ3v) is 7.14. The van der Waals surface area contributed by atoms with Gasteiger partial charge in [-0.1, -0.05) is 0 Å². The SMILES string of the molecule is CC(C)OC(=O)C(C)NP1(=O)OC[C@H]2O[C@@H](n3cnc4c(N)ncnc43)[C@](C)(Cl)[C@@H]2O1. The van der Waals surface area contributed by atoms with Crippen LogP contribution in [-0.4, -0.2) is 61.3 Å². The summed E-state index contributed by atoms with van der Waals surface area (Å²) in [5.74, 6) is -0.345. The minimum Gasteiger partial charge on any atom is -0.462 e. The Bertz CT molecular complexity index is 1050. The van der Waals surface area contributed by atoms with E-state index >= 15 is 0 Å². The Morgan fingerprint density at radius 3 is 2.87 bits per heavy atom. The van der Waals surface area contributed by atoms with Crippen molar-refractivity contribution in [3.8, 4) is 0 Å². The van der Waals surface area contributed by atoms with Crippen LogP contribution in [0.4, 0.5) is 5.82 Å². The molecule has 0 aliphatic carbocycles. The molecule has 0 radical (unpaired) electrons. The molecule has 0 saturated carbocycles. The number of hydrogen-bond acceptors (Lipinski definition) is 10. The van der Waals surface area contributed by atoms with Crippen molar-refractivity contribution in [1.82, 2.24) is 24.6 Å². The number of hydrogen-bond donors (Lipinski definition) is 2. The number of ether oxygens (including phenoxy) is 2. The Kier molecular flexibility index (Phi) is 5.74. The van der Waals surface area contributed by atoms with Crippen molar-refractivity contribution in [3.63, 3.8) is 0 Å². The van der Waals surface area contributed by atoms with Crippen LogP contribution in [0.2, 0.25) is 0 Å². The fourth-order valence-electron chi connectivity index (χ4n) is 3.59. The summed E-state index contributed by atoms with van der Waals surface area (Å²) in [7, 11) is -3.86. The van der Waals surface area contributed by atoms with E-state index in [4.69, 9.17) is 35.9 Å². The van der Waals surface area contributed by atoms with Crippen LogP contribution < -0.4 is 10.8 Å². The van der Waals surface area contributed by atoms with Gasteiger partial charge in [-0.05, 0) is 27.7 Å². The molecule has 3 N–H and O–H groups in total. The van der Waals surface area contributed by atoms with Crippen molar-refractivity contribution in [3.05, 3.63) is 12.7 Å². The van der Waals surface area contributed by atoms with Crippen LogP contribution in [-0.2, 0) is 27.9 Å². The average molecular weight is 475 g/mol. The standard InChI is InChI=1S/C17H24ClN6O6P/c1-8(2)28-15(25)9(3)23-31(26)27-5-10-12(30-31)17(4,18)16(29-10)24-7-22-11-13(19)20-6-21-14(11)24/h6-10,12,16H,5H2,1-4H3,(H,23,26)(H2,19,20,21)/t9?,10-,12-,16-,17-,31?/m1/s1. The van der Waals surface area contributed by atoms with E-state index in [1.165, 1.54) is 19.6 Å². The van der Waals surface area contributed by atoms with Crippen LogP contribution in [0.25, 0.3) is 11.2 Å². The maximum absolute atomic E-state index is 13.2. The second kappa shape index (κ2) is 7.95. The number of imidazole rings is 1. The molecule has 2 unspecified atom stereocenters. The molecule has 12 nitrogen and oxygen atoms in total. The quantitative estimate of drug-likeness (QED) is 0.370. The monoisotopic (exact) mass is 474 g/mol. The van der Waals surface area contributed by atoms with Gasteiger partial charge in [-0.25, -0.2) is 24.6 Å². The lowest BCUT2D eigenvalue weighted by Gasteiger charge is -2.36. The van der Waals surface area contributed by atoms with Gasteiger partial charge in [0, 0.05) is 0 Å². The molecule has 6 atom stereocenters. The lowest BCUT2D eigenvalue weighted by Crippen LogP contribution is -2.47. The van der Waals surface area contributed by atoms with Gasteiger partial charge in [0.05, 0.1) is 19.0 Å². The Morgan fingerprint density at radius 2 is 2.16 bits per heavy atom. The van der Waals surface area contributed by atoms with Crippen molar-refractivity contribution >= 4 is 42.3 Å². The molecule has 2 aliphatic heterocycles. The van der Waals surface area contributed by atoms with E-state index in [0.717, 1.165) is 0 Å². The number of carbonyl (C=O) groups excluding carboxylic acids is 1. The van der Waals surface area contributed by atoms with Gasteiger partial charge in [-0.2, -0.15) is 0 Å². The Hall–Kier alpha value is -1.82. The number of rotatable bonds is 5. The first-order valence-electron chi connectivity index (χ1n) is 9.70. The zero-order valence-corrected chi connectivity index (χ0v) is 19.0. The van der Waals surface area contributed by atoms with E-state index in [-0.39, 0.29) is 18.5 Å². The first kappa shape index (κ1) is 22.4. The summed E-state index contributed by atoms with van der Waals surface area (Å²) in [5, 5.41) is 2.60. The summed E-state index contributed by atoms with van der Waals surface area (Å²) in [6, 6.07) is -0.915. The molecule has 31 heavy (non-hydrogen) atoms. The summed E-state index contributed by atoms with van der Waals surface area (Å²) in [6.45, 7) is 6.60. The molecule has 4 heterocycles. The predicted molar refractivity (Wildman–Crippen MR) is 110 cm³/mol. The van der Waals surface area contributed by atoms with Gasteiger partial charge in [-0.3, -0.25) is 18.4 Å². The van der Waals surface area contributed by atoms with Crippen molar-refractivity contribution in [2.24, 2.45) is 0 Å². The van der Waals surface area contributed by atoms with Crippen LogP contribution in [0.5, 0.6) is 0 Å². The highest BCUT2D eigenvalue weighted by molar-refractivity contribution is 7.51. The maximum atomic E-state index is 13.2. The number of esters is 1. The molecular formula is C17H24ClN6O6P. The largest absolute Gasteiger partial charge is 0.462 e. The summed E-state index contributed by atoms with van der Waals surface area (Å²) in [4.78, 5) is 23.3. The molecule has 0 amide bonds. The minimum absolute atomic E-state index is 0.0521. The molecular weight excluding hydrogens is 451 g/mol. The predicted octanol–water partition coefficient (Wildman–Crippen LogP) is 1.76. The summed E-state index contributed by atoms with van der Waals surface area (Å²) < 4.78 is 37.2. The zero-order valence-electron chi connectivity index (χ0n) is 17.4. The minimum atomic E-state index is -3.86. The van der Waals surface area contributed by atoms with E-state index in [0.29, 0.717) is 11.2 Å². The molecule has 2 fully saturated rings. The molecule has 4 rings (SSSR count). The molecule has 0 bridgehead atoms. The van der Waals surface area contributed by atoms with Gasteiger partial charge in [-0.15, -0.1) is 11.6 Å². The Balaban J connectivity index is 1.55. The number of anilines is 1. The number of aromatic nitrogens is 4. The second-order valence-corrected chi connectivity index (χ2v) is 10.5. The van der Waals surface area contributed by atoms with Gasteiger partial charge >= 0.3 is 13.7 Å². The van der Waals surface area contributed by atoms with Crippen LogP contribution in [0.3, 0.4) is 0 Å². The van der Waals surface area contributed by atoms with E-state index in [1.54, 1.807) is 25.3 Å². The molecule has 170 valence electrons. The smallest absolute Gasteiger partial charge is 0.406 e. The first-order chi connectivity index (χ1) is 14.5. The van der Waals surface area contributed by atoms with Crippen LogP contribution in [0.1, 0.15) is 33.9 Å². The molecule has 2 saturated heterocycles. The number of fused-ring (bicyclic) bond motifs is 2. The number of nitrogens with two attached hydrogens (primary N) is 1. The van der Waals surface area contributed by atoms with Crippen LogP contribution >= 0.6 is 19.3 Å². The number of nitrogen functional groups attached to an aromatic ring is 1. The van der Waals surface area contributed by atoms with Gasteiger partial charge in [0.1, 0.15) is 35.0 Å². The Labute approximate surface area is 183 Å². The Morgan fingerprint density at radius 1 is 1.42 bits per heavy atom.